The Morgan fingerprint density at radius 1 is 1.47 bits per heavy atom. The van der Waals surface area contributed by atoms with E-state index >= 15 is 0 Å². The molecule has 0 aliphatic carbocycles. The number of imidazole rings is 1. The summed E-state index contributed by atoms with van der Waals surface area (Å²) in [6.07, 6.45) is 5.17. The van der Waals surface area contributed by atoms with Crippen LogP contribution in [0, 0.1) is 0 Å². The molecule has 6 heteroatoms. The number of hydrogen-bond acceptors (Lipinski definition) is 3. The Hall–Kier alpha value is -2.37. The first-order valence-corrected chi connectivity index (χ1v) is 5.19. The van der Waals surface area contributed by atoms with Gasteiger partial charge in [0, 0.05) is 31.5 Å². The van der Waals surface area contributed by atoms with Gasteiger partial charge in [-0.3, -0.25) is 9.59 Å². The summed E-state index contributed by atoms with van der Waals surface area (Å²) in [6.45, 7) is 1.12. The van der Waals surface area contributed by atoms with E-state index in [1.54, 1.807) is 24.7 Å². The van der Waals surface area contributed by atoms with Gasteiger partial charge in [0.15, 0.2) is 0 Å². The summed E-state index contributed by atoms with van der Waals surface area (Å²) >= 11 is 0. The van der Waals surface area contributed by atoms with Crippen molar-refractivity contribution in [3.63, 3.8) is 0 Å². The van der Waals surface area contributed by atoms with Gasteiger partial charge in [-0.25, -0.2) is 4.98 Å². The molecule has 88 valence electrons. The molecular formula is C11H12N4O2. The third-order valence-corrected chi connectivity index (χ3v) is 2.23. The highest BCUT2D eigenvalue weighted by molar-refractivity contribution is 5.92. The third kappa shape index (κ3) is 3.04. The van der Waals surface area contributed by atoms with E-state index in [1.165, 1.54) is 6.07 Å². The number of aromatic amines is 1. The molecule has 1 amide bonds. The van der Waals surface area contributed by atoms with Gasteiger partial charge in [0.2, 0.25) is 5.56 Å². The number of nitrogens with one attached hydrogen (secondary N) is 2. The maximum absolute atomic E-state index is 11.6. The molecule has 2 N–H and O–H groups in total. The SMILES string of the molecule is O=C(NCCn1ccnc1)c1cccc(=O)[nH]1. The lowest BCUT2D eigenvalue weighted by Crippen LogP contribution is -2.29. The number of hydrogen-bond donors (Lipinski definition) is 2. The minimum atomic E-state index is -0.289. The topological polar surface area (TPSA) is 79.8 Å². The van der Waals surface area contributed by atoms with Gasteiger partial charge in [-0.05, 0) is 6.07 Å². The number of carbonyl (C=O) groups is 1. The normalized spacial score (nSPS) is 10.1. The van der Waals surface area contributed by atoms with E-state index in [0.29, 0.717) is 13.1 Å². The molecule has 0 radical (unpaired) electrons. The number of amides is 1. The van der Waals surface area contributed by atoms with E-state index in [4.69, 9.17) is 0 Å². The van der Waals surface area contributed by atoms with E-state index in [0.717, 1.165) is 0 Å². The van der Waals surface area contributed by atoms with Crippen LogP contribution >= 0.6 is 0 Å². The molecule has 0 aliphatic rings. The first-order chi connectivity index (χ1) is 8.25. The van der Waals surface area contributed by atoms with Gasteiger partial charge < -0.3 is 14.9 Å². The molecule has 0 aliphatic heterocycles. The van der Waals surface area contributed by atoms with Crippen LogP contribution in [0.5, 0.6) is 0 Å². The number of nitrogens with zero attached hydrogens (tertiary/aromatic N) is 2. The zero-order valence-electron chi connectivity index (χ0n) is 9.09. The van der Waals surface area contributed by atoms with Crippen molar-refractivity contribution in [2.75, 3.05) is 6.54 Å². The molecule has 6 nitrogen and oxygen atoms in total. The summed E-state index contributed by atoms with van der Waals surface area (Å²) in [5.74, 6) is -0.289. The van der Waals surface area contributed by atoms with Crippen LogP contribution in [-0.2, 0) is 6.54 Å². The molecule has 2 heterocycles. The number of pyridine rings is 1. The van der Waals surface area contributed by atoms with Gasteiger partial charge in [0.05, 0.1) is 6.33 Å². The molecule has 0 saturated heterocycles. The Labute approximate surface area is 97.3 Å². The third-order valence-electron chi connectivity index (χ3n) is 2.23. The molecule has 2 aromatic heterocycles. The number of aromatic nitrogens is 3. The zero-order valence-corrected chi connectivity index (χ0v) is 9.09. The summed E-state index contributed by atoms with van der Waals surface area (Å²) < 4.78 is 1.86. The van der Waals surface area contributed by atoms with Gasteiger partial charge >= 0.3 is 0 Å². The summed E-state index contributed by atoms with van der Waals surface area (Å²) in [6, 6.07) is 4.47. The minimum absolute atomic E-state index is 0.267. The lowest BCUT2D eigenvalue weighted by atomic mass is 10.3. The Bertz CT molecular complexity index is 545. The average Bonchev–Trinajstić information content (AvgIpc) is 2.82. The predicted octanol–water partition coefficient (Wildman–Crippen LogP) is 0.00140. The van der Waals surface area contributed by atoms with Crippen molar-refractivity contribution in [1.29, 1.82) is 0 Å². The van der Waals surface area contributed by atoms with Gasteiger partial charge in [-0.15, -0.1) is 0 Å². The van der Waals surface area contributed by atoms with Crippen molar-refractivity contribution in [3.05, 3.63) is 53.0 Å². The molecule has 0 aromatic carbocycles. The molecule has 0 spiro atoms. The molecular weight excluding hydrogens is 220 g/mol. The van der Waals surface area contributed by atoms with Crippen LogP contribution in [0.3, 0.4) is 0 Å². The van der Waals surface area contributed by atoms with Crippen LogP contribution in [0.15, 0.2) is 41.7 Å². The quantitative estimate of drug-likeness (QED) is 0.778. The Balaban J connectivity index is 1.87. The Morgan fingerprint density at radius 3 is 3.06 bits per heavy atom. The molecule has 0 saturated carbocycles. The first kappa shape index (κ1) is 11.1. The van der Waals surface area contributed by atoms with Gasteiger partial charge in [-0.2, -0.15) is 0 Å². The van der Waals surface area contributed by atoms with Crippen molar-refractivity contribution in [2.45, 2.75) is 6.54 Å². The molecule has 0 fully saturated rings. The second-order valence-electron chi connectivity index (χ2n) is 3.49. The fourth-order valence-corrected chi connectivity index (χ4v) is 1.39. The summed E-state index contributed by atoms with van der Waals surface area (Å²) in [5, 5.41) is 2.71. The van der Waals surface area contributed by atoms with E-state index in [9.17, 15) is 9.59 Å². The second kappa shape index (κ2) is 5.11. The van der Waals surface area contributed by atoms with E-state index in [2.05, 4.69) is 15.3 Å². The summed E-state index contributed by atoms with van der Waals surface area (Å²) in [4.78, 5) is 29.0. The highest BCUT2D eigenvalue weighted by atomic mass is 16.2. The highest BCUT2D eigenvalue weighted by Crippen LogP contribution is 1.90. The first-order valence-electron chi connectivity index (χ1n) is 5.19. The number of carbonyl (C=O) groups excluding carboxylic acids is 1. The van der Waals surface area contributed by atoms with Crippen molar-refractivity contribution in [1.82, 2.24) is 19.9 Å². The lowest BCUT2D eigenvalue weighted by Gasteiger charge is -2.05. The fourth-order valence-electron chi connectivity index (χ4n) is 1.39. The van der Waals surface area contributed by atoms with Crippen LogP contribution in [0.25, 0.3) is 0 Å². The standard InChI is InChI=1S/C11H12N4O2/c16-10-3-1-2-9(14-10)11(17)13-5-7-15-6-4-12-8-15/h1-4,6,8H,5,7H2,(H,13,17)(H,14,16). The molecule has 17 heavy (non-hydrogen) atoms. The predicted molar refractivity (Wildman–Crippen MR) is 61.6 cm³/mol. The number of rotatable bonds is 4. The molecule has 2 rings (SSSR count). The monoisotopic (exact) mass is 232 g/mol. The molecule has 0 atom stereocenters. The van der Waals surface area contributed by atoms with E-state index < -0.39 is 0 Å². The van der Waals surface area contributed by atoms with Crippen LogP contribution in [0.4, 0.5) is 0 Å². The summed E-state index contributed by atoms with van der Waals surface area (Å²) in [5.41, 5.74) is -0.0182. The maximum atomic E-state index is 11.6. The largest absolute Gasteiger partial charge is 0.349 e. The van der Waals surface area contributed by atoms with Gasteiger partial charge in [0.25, 0.3) is 5.91 Å². The van der Waals surface area contributed by atoms with E-state index in [1.807, 2.05) is 10.8 Å². The fraction of sp³-hybridized carbons (Fsp3) is 0.182. The molecule has 2 aromatic rings. The van der Waals surface area contributed by atoms with Crippen molar-refractivity contribution >= 4 is 5.91 Å². The zero-order chi connectivity index (χ0) is 12.1. The molecule has 0 bridgehead atoms. The van der Waals surface area contributed by atoms with Crippen LogP contribution < -0.4 is 10.9 Å². The van der Waals surface area contributed by atoms with Gasteiger partial charge in [-0.1, -0.05) is 6.07 Å². The Morgan fingerprint density at radius 2 is 2.35 bits per heavy atom. The Kier molecular flexibility index (Phi) is 3.34. The van der Waals surface area contributed by atoms with Crippen molar-refractivity contribution in [3.8, 4) is 0 Å². The van der Waals surface area contributed by atoms with E-state index in [-0.39, 0.29) is 17.2 Å². The van der Waals surface area contributed by atoms with Crippen molar-refractivity contribution < 1.29 is 4.79 Å². The second-order valence-corrected chi connectivity index (χ2v) is 3.49. The molecule has 0 unspecified atom stereocenters. The van der Waals surface area contributed by atoms with Crippen molar-refractivity contribution in [2.24, 2.45) is 0 Å². The van der Waals surface area contributed by atoms with Crippen LogP contribution in [0.1, 0.15) is 10.5 Å². The number of H-pyrrole nitrogens is 1. The summed E-state index contributed by atoms with van der Waals surface area (Å²) in [7, 11) is 0. The highest BCUT2D eigenvalue weighted by Gasteiger charge is 2.04. The minimum Gasteiger partial charge on any atom is -0.349 e. The van der Waals surface area contributed by atoms with Gasteiger partial charge in [0.1, 0.15) is 5.69 Å². The lowest BCUT2D eigenvalue weighted by molar-refractivity contribution is 0.0947. The maximum Gasteiger partial charge on any atom is 0.267 e. The van der Waals surface area contributed by atoms with Crippen LogP contribution in [-0.4, -0.2) is 27.0 Å². The average molecular weight is 232 g/mol. The van der Waals surface area contributed by atoms with Crippen LogP contribution in [0.2, 0.25) is 0 Å². The smallest absolute Gasteiger partial charge is 0.267 e.